The van der Waals surface area contributed by atoms with E-state index in [1.807, 2.05) is 57.2 Å². The summed E-state index contributed by atoms with van der Waals surface area (Å²) in [6, 6.07) is 11.3. The SMILES string of the molecule is CC(C)(C)OC(=O)N[C@H]1Cc2cc(Oc3ccccc3)cnc2CC1=S. The van der Waals surface area contributed by atoms with E-state index in [0.29, 0.717) is 18.6 Å². The fourth-order valence-electron chi connectivity index (χ4n) is 2.74. The second-order valence-corrected chi connectivity index (χ2v) is 7.76. The monoisotopic (exact) mass is 370 g/mol. The zero-order valence-corrected chi connectivity index (χ0v) is 15.9. The summed E-state index contributed by atoms with van der Waals surface area (Å²) in [7, 11) is 0. The highest BCUT2D eigenvalue weighted by Gasteiger charge is 2.28. The molecule has 1 aromatic heterocycles. The number of thiocarbonyl (C=S) groups is 1. The molecule has 0 saturated heterocycles. The number of carbonyl (C=O) groups excluding carboxylic acids is 1. The van der Waals surface area contributed by atoms with Gasteiger partial charge in [0.15, 0.2) is 0 Å². The predicted octanol–water partition coefficient (Wildman–Crippen LogP) is 4.24. The van der Waals surface area contributed by atoms with Crippen molar-refractivity contribution in [1.82, 2.24) is 10.3 Å². The molecule has 0 bridgehead atoms. The largest absolute Gasteiger partial charge is 0.456 e. The number of nitrogens with zero attached hydrogens (tertiary/aromatic N) is 1. The molecule has 0 aliphatic heterocycles. The lowest BCUT2D eigenvalue weighted by atomic mass is 9.91. The van der Waals surface area contributed by atoms with Gasteiger partial charge in [0, 0.05) is 17.0 Å². The number of amides is 1. The van der Waals surface area contributed by atoms with Crippen LogP contribution in [0.15, 0.2) is 42.6 Å². The Bertz CT molecular complexity index is 816. The van der Waals surface area contributed by atoms with Gasteiger partial charge in [-0.3, -0.25) is 4.98 Å². The van der Waals surface area contributed by atoms with E-state index in [4.69, 9.17) is 21.7 Å². The topological polar surface area (TPSA) is 60.5 Å². The van der Waals surface area contributed by atoms with Crippen molar-refractivity contribution in [2.75, 3.05) is 0 Å². The maximum Gasteiger partial charge on any atom is 0.408 e. The van der Waals surface area contributed by atoms with Gasteiger partial charge in [-0.15, -0.1) is 0 Å². The molecule has 6 heteroatoms. The Labute approximate surface area is 158 Å². The highest BCUT2D eigenvalue weighted by molar-refractivity contribution is 7.80. The van der Waals surface area contributed by atoms with E-state index in [0.717, 1.165) is 21.9 Å². The number of aromatic nitrogens is 1. The van der Waals surface area contributed by atoms with Crippen LogP contribution in [0.25, 0.3) is 0 Å². The summed E-state index contributed by atoms with van der Waals surface area (Å²) in [6.07, 6.45) is 2.37. The molecule has 5 nitrogen and oxygen atoms in total. The lowest BCUT2D eigenvalue weighted by Crippen LogP contribution is -2.46. The van der Waals surface area contributed by atoms with E-state index in [2.05, 4.69) is 10.3 Å². The quantitative estimate of drug-likeness (QED) is 0.819. The Morgan fingerprint density at radius 1 is 1.23 bits per heavy atom. The maximum absolute atomic E-state index is 12.1. The van der Waals surface area contributed by atoms with Gasteiger partial charge >= 0.3 is 6.09 Å². The smallest absolute Gasteiger partial charge is 0.408 e. The van der Waals surface area contributed by atoms with Crippen molar-refractivity contribution in [3.05, 3.63) is 53.9 Å². The average molecular weight is 370 g/mol. The van der Waals surface area contributed by atoms with Gasteiger partial charge in [0.1, 0.15) is 17.1 Å². The number of alkyl carbamates (subject to hydrolysis) is 1. The number of hydrogen-bond acceptors (Lipinski definition) is 5. The van der Waals surface area contributed by atoms with Gasteiger partial charge in [-0.1, -0.05) is 30.4 Å². The van der Waals surface area contributed by atoms with Crippen molar-refractivity contribution in [1.29, 1.82) is 0 Å². The van der Waals surface area contributed by atoms with E-state index in [1.165, 1.54) is 0 Å². The van der Waals surface area contributed by atoms with Crippen LogP contribution in [0.1, 0.15) is 32.0 Å². The first-order valence-electron chi connectivity index (χ1n) is 8.53. The maximum atomic E-state index is 12.1. The molecule has 1 heterocycles. The Balaban J connectivity index is 1.72. The summed E-state index contributed by atoms with van der Waals surface area (Å²) in [6.45, 7) is 5.49. The molecule has 136 valence electrons. The van der Waals surface area contributed by atoms with Crippen LogP contribution >= 0.6 is 12.2 Å². The van der Waals surface area contributed by atoms with E-state index in [9.17, 15) is 4.79 Å². The van der Waals surface area contributed by atoms with Crippen LogP contribution in [0.4, 0.5) is 4.79 Å². The number of rotatable bonds is 3. The first kappa shape index (κ1) is 18.3. The number of pyridine rings is 1. The van der Waals surface area contributed by atoms with Crippen LogP contribution in [-0.2, 0) is 17.6 Å². The average Bonchev–Trinajstić information content (AvgIpc) is 2.55. The molecule has 2 aromatic rings. The standard InChI is InChI=1S/C20H22N2O3S/c1-20(2,3)25-19(23)22-17-10-13-9-15(12-21-16(13)11-18(17)26)24-14-7-5-4-6-8-14/h4-9,12,17H,10-11H2,1-3H3,(H,22,23)/t17-/m0/s1. The predicted molar refractivity (Wildman–Crippen MR) is 104 cm³/mol. The van der Waals surface area contributed by atoms with Gasteiger partial charge in [-0.25, -0.2) is 4.79 Å². The minimum absolute atomic E-state index is 0.249. The third-order valence-corrected chi connectivity index (χ3v) is 4.29. The van der Waals surface area contributed by atoms with Crippen LogP contribution in [0.3, 0.4) is 0 Å². The molecule has 1 aliphatic carbocycles. The first-order valence-corrected chi connectivity index (χ1v) is 8.94. The van der Waals surface area contributed by atoms with Gasteiger partial charge < -0.3 is 14.8 Å². The Kier molecular flexibility index (Phi) is 5.23. The van der Waals surface area contributed by atoms with Crippen molar-refractivity contribution in [3.63, 3.8) is 0 Å². The number of carbonyl (C=O) groups is 1. The van der Waals surface area contributed by atoms with E-state index in [-0.39, 0.29) is 6.04 Å². The van der Waals surface area contributed by atoms with Crippen molar-refractivity contribution < 1.29 is 14.3 Å². The van der Waals surface area contributed by atoms with E-state index < -0.39 is 11.7 Å². The van der Waals surface area contributed by atoms with Gasteiger partial charge in [0.25, 0.3) is 0 Å². The van der Waals surface area contributed by atoms with Crippen LogP contribution in [-0.4, -0.2) is 27.6 Å². The normalized spacial score (nSPS) is 16.6. The lowest BCUT2D eigenvalue weighted by molar-refractivity contribution is 0.0517. The van der Waals surface area contributed by atoms with Crippen LogP contribution in [0.2, 0.25) is 0 Å². The molecular formula is C20H22N2O3S. The van der Waals surface area contributed by atoms with Gasteiger partial charge in [-0.2, -0.15) is 0 Å². The van der Waals surface area contributed by atoms with E-state index >= 15 is 0 Å². The van der Waals surface area contributed by atoms with E-state index in [1.54, 1.807) is 6.20 Å². The summed E-state index contributed by atoms with van der Waals surface area (Å²) < 4.78 is 11.2. The number of benzene rings is 1. The first-order chi connectivity index (χ1) is 12.3. The molecule has 0 saturated carbocycles. The highest BCUT2D eigenvalue weighted by atomic mass is 32.1. The molecular weight excluding hydrogens is 348 g/mol. The number of fused-ring (bicyclic) bond motifs is 1. The minimum atomic E-state index is -0.545. The Morgan fingerprint density at radius 3 is 2.65 bits per heavy atom. The molecule has 1 atom stereocenters. The van der Waals surface area contributed by atoms with Crippen molar-refractivity contribution in [2.45, 2.75) is 45.3 Å². The molecule has 1 amide bonds. The van der Waals surface area contributed by atoms with Gasteiger partial charge in [-0.05, 0) is 51.0 Å². The molecule has 1 N–H and O–H groups in total. The van der Waals surface area contributed by atoms with Crippen molar-refractivity contribution in [3.8, 4) is 11.5 Å². The molecule has 0 unspecified atom stereocenters. The molecule has 0 fully saturated rings. The fraction of sp³-hybridized carbons (Fsp3) is 0.350. The molecule has 26 heavy (non-hydrogen) atoms. The minimum Gasteiger partial charge on any atom is -0.456 e. The molecule has 3 rings (SSSR count). The third-order valence-electron chi connectivity index (χ3n) is 3.86. The molecule has 1 aromatic carbocycles. The number of para-hydroxylation sites is 1. The lowest BCUT2D eigenvalue weighted by Gasteiger charge is -2.28. The zero-order valence-electron chi connectivity index (χ0n) is 15.1. The summed E-state index contributed by atoms with van der Waals surface area (Å²) in [5.41, 5.74) is 1.40. The number of hydrogen-bond donors (Lipinski definition) is 1. The summed E-state index contributed by atoms with van der Waals surface area (Å²) in [5, 5.41) is 2.86. The van der Waals surface area contributed by atoms with Gasteiger partial charge in [0.2, 0.25) is 0 Å². The molecule has 0 spiro atoms. The number of nitrogens with one attached hydrogen (secondary N) is 1. The zero-order chi connectivity index (χ0) is 18.7. The Morgan fingerprint density at radius 2 is 1.96 bits per heavy atom. The second kappa shape index (κ2) is 7.41. The summed E-state index contributed by atoms with van der Waals surface area (Å²) >= 11 is 5.46. The second-order valence-electron chi connectivity index (χ2n) is 7.24. The van der Waals surface area contributed by atoms with Gasteiger partial charge in [0.05, 0.1) is 12.2 Å². The Hall–Kier alpha value is -2.47. The number of ether oxygens (including phenoxy) is 2. The highest BCUT2D eigenvalue weighted by Crippen LogP contribution is 2.26. The summed E-state index contributed by atoms with van der Waals surface area (Å²) in [5.74, 6) is 1.42. The van der Waals surface area contributed by atoms with Crippen molar-refractivity contribution in [2.24, 2.45) is 0 Å². The third kappa shape index (κ3) is 4.79. The molecule has 1 aliphatic rings. The summed E-state index contributed by atoms with van der Waals surface area (Å²) in [4.78, 5) is 17.3. The van der Waals surface area contributed by atoms with Crippen molar-refractivity contribution >= 4 is 23.2 Å². The van der Waals surface area contributed by atoms with Crippen LogP contribution in [0, 0.1) is 0 Å². The molecule has 0 radical (unpaired) electrons. The van der Waals surface area contributed by atoms with Crippen LogP contribution < -0.4 is 10.1 Å². The van der Waals surface area contributed by atoms with Crippen LogP contribution in [0.5, 0.6) is 11.5 Å². The fourth-order valence-corrected chi connectivity index (χ4v) is 3.02.